The summed E-state index contributed by atoms with van der Waals surface area (Å²) in [5, 5.41) is 10.4. The van der Waals surface area contributed by atoms with Crippen LogP contribution in [0.15, 0.2) is 35.3 Å². The zero-order valence-corrected chi connectivity index (χ0v) is 18.9. The van der Waals surface area contributed by atoms with Crippen molar-refractivity contribution in [3.05, 3.63) is 35.9 Å². The monoisotopic (exact) mass is 474 g/mol. The van der Waals surface area contributed by atoms with E-state index in [1.54, 1.807) is 0 Å². The van der Waals surface area contributed by atoms with Crippen molar-refractivity contribution in [1.29, 1.82) is 0 Å². The fourth-order valence-electron chi connectivity index (χ4n) is 3.09. The average molecular weight is 474 g/mol. The van der Waals surface area contributed by atoms with E-state index < -0.39 is 0 Å². The molecule has 1 saturated heterocycles. The third-order valence-electron chi connectivity index (χ3n) is 4.40. The van der Waals surface area contributed by atoms with Gasteiger partial charge in [0.15, 0.2) is 5.96 Å². The first kappa shape index (κ1) is 23.2. The molecule has 0 bridgehead atoms. The number of benzene rings is 1. The lowest BCUT2D eigenvalue weighted by Crippen LogP contribution is -2.46. The first-order chi connectivity index (χ1) is 12.0. The molecule has 2 rings (SSSR count). The van der Waals surface area contributed by atoms with Crippen LogP contribution in [-0.4, -0.2) is 43.8 Å². The number of aliphatic imine (C=N–C) groups is 1. The van der Waals surface area contributed by atoms with Gasteiger partial charge >= 0.3 is 0 Å². The summed E-state index contributed by atoms with van der Waals surface area (Å²) in [6.45, 7) is 11.9. The third-order valence-corrected chi connectivity index (χ3v) is 4.40. The summed E-state index contributed by atoms with van der Waals surface area (Å²) < 4.78 is 5.67. The van der Waals surface area contributed by atoms with Gasteiger partial charge in [0, 0.05) is 31.3 Å². The molecule has 26 heavy (non-hydrogen) atoms. The topological polar surface area (TPSA) is 57.7 Å². The minimum absolute atomic E-state index is 0. The molecular formula is C20H35IN4O. The zero-order valence-electron chi connectivity index (χ0n) is 16.5. The van der Waals surface area contributed by atoms with Gasteiger partial charge in [-0.2, -0.15) is 0 Å². The fourth-order valence-corrected chi connectivity index (χ4v) is 3.09. The number of ether oxygens (including phenoxy) is 1. The molecular weight excluding hydrogens is 439 g/mol. The van der Waals surface area contributed by atoms with Crippen LogP contribution in [0.25, 0.3) is 0 Å². The van der Waals surface area contributed by atoms with E-state index in [4.69, 9.17) is 9.73 Å². The Balaban J connectivity index is 0.00000338. The Morgan fingerprint density at radius 3 is 2.62 bits per heavy atom. The molecule has 1 aromatic carbocycles. The predicted octanol–water partition coefficient (Wildman–Crippen LogP) is 3.47. The summed E-state index contributed by atoms with van der Waals surface area (Å²) >= 11 is 0. The number of nitrogens with zero attached hydrogens (tertiary/aromatic N) is 1. The highest BCUT2D eigenvalue weighted by atomic mass is 127. The van der Waals surface area contributed by atoms with Crippen LogP contribution < -0.4 is 16.0 Å². The van der Waals surface area contributed by atoms with Gasteiger partial charge in [-0.1, -0.05) is 30.3 Å². The van der Waals surface area contributed by atoms with Crippen molar-refractivity contribution < 1.29 is 4.74 Å². The SMILES string of the molecule is CCNC(=NCC(C)(C)NC(C)c1ccccc1)NCC1CCCO1.I. The molecule has 6 heteroatoms. The van der Waals surface area contributed by atoms with Crippen LogP contribution in [0.3, 0.4) is 0 Å². The smallest absolute Gasteiger partial charge is 0.191 e. The zero-order chi connectivity index (χ0) is 18.1. The van der Waals surface area contributed by atoms with E-state index in [-0.39, 0.29) is 35.6 Å². The maximum atomic E-state index is 5.67. The number of guanidine groups is 1. The summed E-state index contributed by atoms with van der Waals surface area (Å²) in [5.41, 5.74) is 1.20. The highest BCUT2D eigenvalue weighted by molar-refractivity contribution is 14.0. The molecule has 3 N–H and O–H groups in total. The van der Waals surface area contributed by atoms with Crippen LogP contribution in [0.1, 0.15) is 52.1 Å². The summed E-state index contributed by atoms with van der Waals surface area (Å²) in [5.74, 6) is 0.861. The second-order valence-corrected chi connectivity index (χ2v) is 7.37. The molecule has 0 amide bonds. The summed E-state index contributed by atoms with van der Waals surface area (Å²) in [6.07, 6.45) is 2.61. The molecule has 0 spiro atoms. The van der Waals surface area contributed by atoms with Crippen LogP contribution in [0.2, 0.25) is 0 Å². The Kier molecular flexibility index (Phi) is 10.5. The van der Waals surface area contributed by atoms with Crippen molar-refractivity contribution in [1.82, 2.24) is 16.0 Å². The highest BCUT2D eigenvalue weighted by Gasteiger charge is 2.21. The van der Waals surface area contributed by atoms with Gasteiger partial charge in [0.1, 0.15) is 0 Å². The lowest BCUT2D eigenvalue weighted by molar-refractivity contribution is 0.114. The fraction of sp³-hybridized carbons (Fsp3) is 0.650. The van der Waals surface area contributed by atoms with Gasteiger partial charge in [0.25, 0.3) is 0 Å². The standard InChI is InChI=1S/C20H34N4O.HI/c1-5-21-19(22-14-18-12-9-13-25-18)23-15-20(3,4)24-16(2)17-10-7-6-8-11-17;/h6-8,10-11,16,18,24H,5,9,12-15H2,1-4H3,(H2,21,22,23);1H. The maximum Gasteiger partial charge on any atom is 0.191 e. The van der Waals surface area contributed by atoms with Gasteiger partial charge in [0.2, 0.25) is 0 Å². The lowest BCUT2D eigenvalue weighted by atomic mass is 10.0. The normalized spacial score (nSPS) is 18.9. The van der Waals surface area contributed by atoms with E-state index in [9.17, 15) is 0 Å². The summed E-state index contributed by atoms with van der Waals surface area (Å²) in [4.78, 5) is 4.77. The molecule has 2 unspecified atom stereocenters. The van der Waals surface area contributed by atoms with Crippen molar-refractivity contribution in [3.63, 3.8) is 0 Å². The first-order valence-electron chi connectivity index (χ1n) is 9.46. The number of hydrogen-bond donors (Lipinski definition) is 3. The summed E-state index contributed by atoms with van der Waals surface area (Å²) in [6, 6.07) is 10.8. The van der Waals surface area contributed by atoms with Crippen LogP contribution in [0, 0.1) is 0 Å². The number of hydrogen-bond acceptors (Lipinski definition) is 3. The van der Waals surface area contributed by atoms with Crippen molar-refractivity contribution in [2.45, 2.75) is 58.2 Å². The Morgan fingerprint density at radius 2 is 2.00 bits per heavy atom. The maximum absolute atomic E-state index is 5.67. The van der Waals surface area contributed by atoms with E-state index in [1.165, 1.54) is 5.56 Å². The van der Waals surface area contributed by atoms with Gasteiger partial charge < -0.3 is 20.7 Å². The molecule has 1 fully saturated rings. The average Bonchev–Trinajstić information content (AvgIpc) is 3.11. The third kappa shape index (κ3) is 8.22. The van der Waals surface area contributed by atoms with Crippen molar-refractivity contribution in [3.8, 4) is 0 Å². The summed E-state index contributed by atoms with van der Waals surface area (Å²) in [7, 11) is 0. The molecule has 1 heterocycles. The molecule has 1 aliphatic heterocycles. The van der Waals surface area contributed by atoms with E-state index in [0.717, 1.165) is 38.5 Å². The van der Waals surface area contributed by atoms with Crippen LogP contribution in [-0.2, 0) is 4.74 Å². The number of nitrogens with one attached hydrogen (secondary N) is 3. The molecule has 0 aromatic heterocycles. The second kappa shape index (κ2) is 11.8. The van der Waals surface area contributed by atoms with Crippen molar-refractivity contribution >= 4 is 29.9 Å². The first-order valence-corrected chi connectivity index (χ1v) is 9.46. The largest absolute Gasteiger partial charge is 0.376 e. The minimum atomic E-state index is -0.0958. The Morgan fingerprint density at radius 1 is 1.27 bits per heavy atom. The molecule has 0 aliphatic carbocycles. The van der Waals surface area contributed by atoms with Crippen molar-refractivity contribution in [2.75, 3.05) is 26.2 Å². The van der Waals surface area contributed by atoms with Gasteiger partial charge in [-0.25, -0.2) is 0 Å². The molecule has 1 aromatic rings. The minimum Gasteiger partial charge on any atom is -0.376 e. The van der Waals surface area contributed by atoms with Crippen LogP contribution in [0.5, 0.6) is 0 Å². The molecule has 0 saturated carbocycles. The van der Waals surface area contributed by atoms with Crippen molar-refractivity contribution in [2.24, 2.45) is 4.99 Å². The molecule has 1 aliphatic rings. The molecule has 148 valence electrons. The predicted molar refractivity (Wildman–Crippen MR) is 120 cm³/mol. The van der Waals surface area contributed by atoms with E-state index >= 15 is 0 Å². The molecule has 5 nitrogen and oxygen atoms in total. The Bertz CT molecular complexity index is 530. The highest BCUT2D eigenvalue weighted by Crippen LogP contribution is 2.16. The molecule has 0 radical (unpaired) electrons. The quantitative estimate of drug-likeness (QED) is 0.307. The van der Waals surface area contributed by atoms with Gasteiger partial charge in [0.05, 0.1) is 12.6 Å². The Labute approximate surface area is 175 Å². The van der Waals surface area contributed by atoms with Gasteiger partial charge in [-0.15, -0.1) is 24.0 Å². The molecule has 2 atom stereocenters. The number of rotatable bonds is 8. The van der Waals surface area contributed by atoms with Gasteiger partial charge in [-0.3, -0.25) is 4.99 Å². The Hall–Kier alpha value is -0.860. The van der Waals surface area contributed by atoms with E-state index in [1.807, 2.05) is 6.07 Å². The second-order valence-electron chi connectivity index (χ2n) is 7.37. The lowest BCUT2D eigenvalue weighted by Gasteiger charge is -2.29. The van der Waals surface area contributed by atoms with Gasteiger partial charge in [-0.05, 0) is 46.1 Å². The van der Waals surface area contributed by atoms with Crippen LogP contribution >= 0.6 is 24.0 Å². The van der Waals surface area contributed by atoms with Crippen LogP contribution in [0.4, 0.5) is 0 Å². The van der Waals surface area contributed by atoms with E-state index in [0.29, 0.717) is 12.6 Å². The number of halogens is 1. The van der Waals surface area contributed by atoms with E-state index in [2.05, 4.69) is 67.9 Å².